The van der Waals surface area contributed by atoms with Crippen LogP contribution in [0.4, 0.5) is 0 Å². The third-order valence-corrected chi connectivity index (χ3v) is 2.24. The van der Waals surface area contributed by atoms with Crippen molar-refractivity contribution >= 4 is 5.91 Å². The van der Waals surface area contributed by atoms with Crippen LogP contribution in [0.1, 0.15) is 5.56 Å². The minimum Gasteiger partial charge on any atom is -0.486 e. The lowest BCUT2D eigenvalue weighted by atomic mass is 10.2. The highest BCUT2D eigenvalue weighted by atomic mass is 16.6. The third kappa shape index (κ3) is 2.43. The molecule has 0 spiro atoms. The van der Waals surface area contributed by atoms with Gasteiger partial charge in [-0.25, -0.2) is 0 Å². The summed E-state index contributed by atoms with van der Waals surface area (Å²) in [6.45, 7) is 0.980. The van der Waals surface area contributed by atoms with Crippen molar-refractivity contribution in [3.8, 4) is 11.5 Å². The van der Waals surface area contributed by atoms with Gasteiger partial charge in [0.05, 0.1) is 0 Å². The third-order valence-electron chi connectivity index (χ3n) is 2.24. The molecule has 2 rings (SSSR count). The molecule has 0 fully saturated rings. The predicted molar refractivity (Wildman–Crippen MR) is 56.4 cm³/mol. The Morgan fingerprint density at radius 1 is 1.31 bits per heavy atom. The van der Waals surface area contributed by atoms with Crippen molar-refractivity contribution in [1.29, 1.82) is 0 Å². The minimum atomic E-state index is -0.495. The number of benzene rings is 1. The molecule has 0 aromatic heterocycles. The second-order valence-corrected chi connectivity index (χ2v) is 3.41. The summed E-state index contributed by atoms with van der Waals surface area (Å²) in [5.74, 6) is 1.03. The van der Waals surface area contributed by atoms with Gasteiger partial charge in [0, 0.05) is 6.54 Å². The highest BCUT2D eigenvalue weighted by molar-refractivity contribution is 5.76. The Hall–Kier alpha value is -1.75. The Morgan fingerprint density at radius 2 is 2.06 bits per heavy atom. The summed E-state index contributed by atoms with van der Waals surface area (Å²) in [6.07, 6.45) is 0. The van der Waals surface area contributed by atoms with Crippen molar-refractivity contribution < 1.29 is 19.4 Å². The van der Waals surface area contributed by atoms with Crippen LogP contribution >= 0.6 is 0 Å². The molecule has 1 aromatic rings. The molecule has 0 saturated heterocycles. The van der Waals surface area contributed by atoms with Crippen LogP contribution in [0.25, 0.3) is 0 Å². The summed E-state index contributed by atoms with van der Waals surface area (Å²) in [6, 6.07) is 5.49. The van der Waals surface area contributed by atoms with E-state index >= 15 is 0 Å². The summed E-state index contributed by atoms with van der Waals surface area (Å²) in [7, 11) is 0. The van der Waals surface area contributed by atoms with Gasteiger partial charge in [0.2, 0.25) is 5.91 Å². The van der Waals surface area contributed by atoms with Crippen molar-refractivity contribution in [2.45, 2.75) is 6.54 Å². The van der Waals surface area contributed by atoms with Gasteiger partial charge in [0.25, 0.3) is 0 Å². The van der Waals surface area contributed by atoms with Gasteiger partial charge in [-0.1, -0.05) is 6.07 Å². The number of hydrogen-bond donors (Lipinski definition) is 2. The first-order chi connectivity index (χ1) is 7.79. The molecule has 0 unspecified atom stereocenters. The number of amides is 1. The average molecular weight is 223 g/mol. The molecule has 1 aliphatic rings. The molecule has 1 amide bonds. The summed E-state index contributed by atoms with van der Waals surface area (Å²) < 4.78 is 10.8. The standard InChI is InChI=1S/C11H13NO4/c13-7-11(14)12-6-8-1-2-9-10(5-8)16-4-3-15-9/h1-2,5,13H,3-4,6-7H2,(H,12,14). The molecule has 1 heterocycles. The molecule has 86 valence electrons. The zero-order chi connectivity index (χ0) is 11.4. The zero-order valence-electron chi connectivity index (χ0n) is 8.73. The topological polar surface area (TPSA) is 67.8 Å². The second-order valence-electron chi connectivity index (χ2n) is 3.41. The Balaban J connectivity index is 2.03. The van der Waals surface area contributed by atoms with E-state index in [1.807, 2.05) is 18.2 Å². The van der Waals surface area contributed by atoms with Crippen molar-refractivity contribution in [2.24, 2.45) is 0 Å². The maximum atomic E-state index is 10.9. The number of fused-ring (bicyclic) bond motifs is 1. The van der Waals surface area contributed by atoms with Gasteiger partial charge in [-0.2, -0.15) is 0 Å². The van der Waals surface area contributed by atoms with Gasteiger partial charge >= 0.3 is 0 Å². The second kappa shape index (κ2) is 4.85. The van der Waals surface area contributed by atoms with Gasteiger partial charge in [-0.15, -0.1) is 0 Å². The summed E-state index contributed by atoms with van der Waals surface area (Å²) in [5, 5.41) is 11.1. The Morgan fingerprint density at radius 3 is 2.81 bits per heavy atom. The van der Waals surface area contributed by atoms with Crippen molar-refractivity contribution in [1.82, 2.24) is 5.32 Å². The smallest absolute Gasteiger partial charge is 0.245 e. The van der Waals surface area contributed by atoms with E-state index in [1.165, 1.54) is 0 Å². The number of hydrogen-bond acceptors (Lipinski definition) is 4. The lowest BCUT2D eigenvalue weighted by Gasteiger charge is -2.18. The van der Waals surface area contributed by atoms with Crippen molar-refractivity contribution in [3.05, 3.63) is 23.8 Å². The fourth-order valence-electron chi connectivity index (χ4n) is 1.45. The first kappa shape index (κ1) is 10.8. The van der Waals surface area contributed by atoms with E-state index in [-0.39, 0.29) is 0 Å². The fourth-order valence-corrected chi connectivity index (χ4v) is 1.45. The summed E-state index contributed by atoms with van der Waals surface area (Å²) >= 11 is 0. The van der Waals surface area contributed by atoms with E-state index in [2.05, 4.69) is 5.32 Å². The molecular formula is C11H13NO4. The number of rotatable bonds is 3. The Labute approximate surface area is 93.0 Å². The summed E-state index contributed by atoms with van der Waals surface area (Å²) in [5.41, 5.74) is 0.908. The van der Waals surface area contributed by atoms with Gasteiger partial charge in [-0.3, -0.25) is 4.79 Å². The number of aliphatic hydroxyl groups excluding tert-OH is 1. The SMILES string of the molecule is O=C(CO)NCc1ccc2c(c1)OCCO2. The van der Waals surface area contributed by atoms with Crippen LogP contribution in [-0.4, -0.2) is 30.8 Å². The minimum absolute atomic E-state index is 0.371. The lowest BCUT2D eigenvalue weighted by molar-refractivity contribution is -0.123. The monoisotopic (exact) mass is 223 g/mol. The van der Waals surface area contributed by atoms with E-state index in [1.54, 1.807) is 0 Å². The maximum Gasteiger partial charge on any atom is 0.245 e. The van der Waals surface area contributed by atoms with E-state index in [4.69, 9.17) is 14.6 Å². The van der Waals surface area contributed by atoms with E-state index < -0.39 is 12.5 Å². The largest absolute Gasteiger partial charge is 0.486 e. The van der Waals surface area contributed by atoms with Gasteiger partial charge in [0.1, 0.15) is 19.8 Å². The molecule has 0 aliphatic carbocycles. The molecule has 0 radical (unpaired) electrons. The van der Waals surface area contributed by atoms with E-state index in [0.717, 1.165) is 11.3 Å². The van der Waals surface area contributed by atoms with Crippen LogP contribution in [0.2, 0.25) is 0 Å². The Bertz CT molecular complexity index is 392. The number of ether oxygens (including phenoxy) is 2. The van der Waals surface area contributed by atoms with Crippen LogP contribution in [-0.2, 0) is 11.3 Å². The quantitative estimate of drug-likeness (QED) is 0.760. The first-order valence-corrected chi connectivity index (χ1v) is 5.05. The summed E-state index contributed by atoms with van der Waals surface area (Å²) in [4.78, 5) is 10.9. The molecule has 0 saturated carbocycles. The van der Waals surface area contributed by atoms with E-state index in [0.29, 0.717) is 25.5 Å². The molecule has 0 bridgehead atoms. The highest BCUT2D eigenvalue weighted by Crippen LogP contribution is 2.30. The molecule has 16 heavy (non-hydrogen) atoms. The normalized spacial score (nSPS) is 13.3. The number of carbonyl (C=O) groups excluding carboxylic acids is 1. The fraction of sp³-hybridized carbons (Fsp3) is 0.364. The van der Waals surface area contributed by atoms with E-state index in [9.17, 15) is 4.79 Å². The van der Waals surface area contributed by atoms with Crippen LogP contribution in [0.15, 0.2) is 18.2 Å². The Kier molecular flexibility index (Phi) is 3.26. The highest BCUT2D eigenvalue weighted by Gasteiger charge is 2.11. The molecular weight excluding hydrogens is 210 g/mol. The lowest BCUT2D eigenvalue weighted by Crippen LogP contribution is -2.25. The van der Waals surface area contributed by atoms with Crippen LogP contribution < -0.4 is 14.8 Å². The van der Waals surface area contributed by atoms with Crippen molar-refractivity contribution in [2.75, 3.05) is 19.8 Å². The average Bonchev–Trinajstić information content (AvgIpc) is 2.35. The molecule has 5 heteroatoms. The maximum absolute atomic E-state index is 10.9. The molecule has 0 atom stereocenters. The number of aliphatic hydroxyl groups is 1. The molecule has 1 aromatic carbocycles. The number of nitrogens with one attached hydrogen (secondary N) is 1. The molecule has 5 nitrogen and oxygen atoms in total. The number of carbonyl (C=O) groups is 1. The van der Waals surface area contributed by atoms with Gasteiger partial charge < -0.3 is 19.9 Å². The van der Waals surface area contributed by atoms with Gasteiger partial charge in [0.15, 0.2) is 11.5 Å². The predicted octanol–water partition coefficient (Wildman–Crippen LogP) is 0.0663. The van der Waals surface area contributed by atoms with Gasteiger partial charge in [-0.05, 0) is 17.7 Å². The van der Waals surface area contributed by atoms with Crippen LogP contribution in [0, 0.1) is 0 Å². The van der Waals surface area contributed by atoms with Crippen LogP contribution in [0.5, 0.6) is 11.5 Å². The first-order valence-electron chi connectivity index (χ1n) is 5.05. The van der Waals surface area contributed by atoms with Crippen LogP contribution in [0.3, 0.4) is 0 Å². The molecule has 2 N–H and O–H groups in total. The molecule has 1 aliphatic heterocycles. The van der Waals surface area contributed by atoms with Crippen molar-refractivity contribution in [3.63, 3.8) is 0 Å². The zero-order valence-corrected chi connectivity index (χ0v) is 8.73.